The second-order valence-electron chi connectivity index (χ2n) is 5.00. The molecule has 0 radical (unpaired) electrons. The number of amides is 1. The number of hydrogen-bond acceptors (Lipinski definition) is 3. The maximum absolute atomic E-state index is 12.9. The molecule has 1 aromatic heterocycles. The molecule has 0 saturated heterocycles. The lowest BCUT2D eigenvalue weighted by molar-refractivity contribution is -0.116. The molecule has 0 aliphatic carbocycles. The average Bonchev–Trinajstić information content (AvgIpc) is 2.91. The van der Waals surface area contributed by atoms with Crippen molar-refractivity contribution in [3.63, 3.8) is 0 Å². The second-order valence-corrected chi connectivity index (χ2v) is 5.82. The number of hydrogen-bond donors (Lipinski definition) is 2. The van der Waals surface area contributed by atoms with E-state index in [4.69, 9.17) is 23.8 Å². The van der Waals surface area contributed by atoms with Gasteiger partial charge in [-0.05, 0) is 60.7 Å². The van der Waals surface area contributed by atoms with Crippen LogP contribution in [0.25, 0.3) is 11.4 Å². The van der Waals surface area contributed by atoms with Crippen LogP contribution in [0, 0.1) is 10.6 Å². The predicted molar refractivity (Wildman–Crippen MR) is 92.9 cm³/mol. The number of anilines is 1. The molecule has 0 aliphatic heterocycles. The zero-order valence-corrected chi connectivity index (χ0v) is 13.9. The number of nitrogens with zero attached hydrogens (tertiary/aromatic N) is 2. The van der Waals surface area contributed by atoms with E-state index in [2.05, 4.69) is 15.5 Å². The van der Waals surface area contributed by atoms with Crippen molar-refractivity contribution >= 4 is 35.4 Å². The van der Waals surface area contributed by atoms with E-state index in [1.807, 2.05) is 0 Å². The van der Waals surface area contributed by atoms with Crippen molar-refractivity contribution in [2.24, 2.45) is 0 Å². The van der Waals surface area contributed by atoms with E-state index in [1.165, 1.54) is 24.3 Å². The van der Waals surface area contributed by atoms with Crippen molar-refractivity contribution in [2.45, 2.75) is 6.54 Å². The summed E-state index contributed by atoms with van der Waals surface area (Å²) in [5.74, 6) is -0.129. The summed E-state index contributed by atoms with van der Waals surface area (Å²) in [7, 11) is 0. The number of carbonyl (C=O) groups excluding carboxylic acids is 1. The van der Waals surface area contributed by atoms with Gasteiger partial charge in [-0.1, -0.05) is 11.6 Å². The van der Waals surface area contributed by atoms with E-state index in [1.54, 1.807) is 28.8 Å². The first-order valence-corrected chi connectivity index (χ1v) is 7.78. The molecule has 8 heteroatoms. The molecule has 1 amide bonds. The Kier molecular flexibility index (Phi) is 4.73. The van der Waals surface area contributed by atoms with Crippen LogP contribution in [0.4, 0.5) is 10.1 Å². The van der Waals surface area contributed by atoms with Gasteiger partial charge in [-0.25, -0.2) is 4.39 Å². The highest BCUT2D eigenvalue weighted by atomic mass is 35.5. The number of rotatable bonds is 4. The predicted octanol–water partition coefficient (Wildman–Crippen LogP) is 4.04. The molecule has 3 aromatic rings. The topological polar surface area (TPSA) is 62.7 Å². The van der Waals surface area contributed by atoms with Gasteiger partial charge >= 0.3 is 0 Å². The Labute approximate surface area is 147 Å². The molecule has 122 valence electrons. The lowest BCUT2D eigenvalue weighted by atomic mass is 10.2. The minimum atomic E-state index is -0.366. The van der Waals surface area contributed by atoms with Gasteiger partial charge in [0.25, 0.3) is 0 Å². The summed E-state index contributed by atoms with van der Waals surface area (Å²) < 4.78 is 14.8. The SMILES string of the molecule is O=C(Cn1c(-c2ccc(Cl)cc2)n[nH]c1=S)Nc1ccc(F)cc1. The average molecular weight is 363 g/mol. The zero-order valence-electron chi connectivity index (χ0n) is 12.3. The zero-order chi connectivity index (χ0) is 17.1. The van der Waals surface area contributed by atoms with Gasteiger partial charge in [0.2, 0.25) is 5.91 Å². The molecule has 1 heterocycles. The number of nitrogens with one attached hydrogen (secondary N) is 2. The summed E-state index contributed by atoms with van der Waals surface area (Å²) >= 11 is 11.1. The van der Waals surface area contributed by atoms with Crippen LogP contribution in [-0.2, 0) is 11.3 Å². The largest absolute Gasteiger partial charge is 0.325 e. The second kappa shape index (κ2) is 6.94. The minimum Gasteiger partial charge on any atom is -0.325 e. The van der Waals surface area contributed by atoms with Crippen molar-refractivity contribution in [3.05, 3.63) is 64.1 Å². The van der Waals surface area contributed by atoms with Gasteiger partial charge in [0.05, 0.1) is 0 Å². The quantitative estimate of drug-likeness (QED) is 0.688. The van der Waals surface area contributed by atoms with Crippen LogP contribution in [0.1, 0.15) is 0 Å². The van der Waals surface area contributed by atoms with Crippen LogP contribution in [0.2, 0.25) is 5.02 Å². The van der Waals surface area contributed by atoms with Crippen LogP contribution in [-0.4, -0.2) is 20.7 Å². The highest BCUT2D eigenvalue weighted by molar-refractivity contribution is 7.71. The first-order valence-electron chi connectivity index (χ1n) is 6.99. The molecule has 5 nitrogen and oxygen atoms in total. The molecule has 0 aliphatic rings. The molecular formula is C16H12ClFN4OS. The van der Waals surface area contributed by atoms with Gasteiger partial charge in [-0.15, -0.1) is 0 Å². The maximum Gasteiger partial charge on any atom is 0.244 e. The molecular weight excluding hydrogens is 351 g/mol. The molecule has 0 atom stereocenters. The lowest BCUT2D eigenvalue weighted by Crippen LogP contribution is -2.19. The van der Waals surface area contributed by atoms with E-state index in [0.29, 0.717) is 21.3 Å². The van der Waals surface area contributed by atoms with E-state index < -0.39 is 0 Å². The molecule has 0 spiro atoms. The number of benzene rings is 2. The highest BCUT2D eigenvalue weighted by Gasteiger charge is 2.12. The van der Waals surface area contributed by atoms with Crippen molar-refractivity contribution in [1.82, 2.24) is 14.8 Å². The van der Waals surface area contributed by atoms with Crippen LogP contribution < -0.4 is 5.32 Å². The van der Waals surface area contributed by atoms with Gasteiger partial charge in [0.15, 0.2) is 10.6 Å². The normalized spacial score (nSPS) is 10.6. The molecule has 0 bridgehead atoms. The molecule has 3 rings (SSSR count). The summed E-state index contributed by atoms with van der Waals surface area (Å²) in [6.07, 6.45) is 0. The molecule has 2 aromatic carbocycles. The number of aromatic nitrogens is 3. The fourth-order valence-electron chi connectivity index (χ4n) is 2.16. The van der Waals surface area contributed by atoms with E-state index in [9.17, 15) is 9.18 Å². The molecule has 2 N–H and O–H groups in total. The van der Waals surface area contributed by atoms with Crippen molar-refractivity contribution in [1.29, 1.82) is 0 Å². The van der Waals surface area contributed by atoms with Gasteiger partial charge in [-0.3, -0.25) is 14.5 Å². The first kappa shape index (κ1) is 16.4. The summed E-state index contributed by atoms with van der Waals surface area (Å²) in [6.45, 7) is -0.0231. The molecule has 24 heavy (non-hydrogen) atoms. The Hall–Kier alpha value is -2.51. The van der Waals surface area contributed by atoms with Gasteiger partial charge < -0.3 is 5.32 Å². The van der Waals surface area contributed by atoms with E-state index >= 15 is 0 Å². The third-order valence-electron chi connectivity index (χ3n) is 3.29. The van der Waals surface area contributed by atoms with E-state index in [-0.39, 0.29) is 18.3 Å². The van der Waals surface area contributed by atoms with Crippen LogP contribution in [0.15, 0.2) is 48.5 Å². The molecule has 0 saturated carbocycles. The summed E-state index contributed by atoms with van der Waals surface area (Å²) in [5, 5.41) is 10.1. The smallest absolute Gasteiger partial charge is 0.244 e. The number of aromatic amines is 1. The van der Waals surface area contributed by atoms with Crippen molar-refractivity contribution in [3.8, 4) is 11.4 Å². The number of H-pyrrole nitrogens is 1. The Morgan fingerprint density at radius 3 is 2.54 bits per heavy atom. The summed E-state index contributed by atoms with van der Waals surface area (Å²) in [4.78, 5) is 12.2. The molecule has 0 fully saturated rings. The maximum atomic E-state index is 12.9. The number of halogens is 2. The lowest BCUT2D eigenvalue weighted by Gasteiger charge is -2.08. The Morgan fingerprint density at radius 1 is 1.21 bits per heavy atom. The summed E-state index contributed by atoms with van der Waals surface area (Å²) in [5.41, 5.74) is 1.28. The third-order valence-corrected chi connectivity index (χ3v) is 3.85. The van der Waals surface area contributed by atoms with Crippen LogP contribution in [0.5, 0.6) is 0 Å². The van der Waals surface area contributed by atoms with Gasteiger partial charge in [-0.2, -0.15) is 5.10 Å². The van der Waals surface area contributed by atoms with Crippen molar-refractivity contribution in [2.75, 3.05) is 5.32 Å². The minimum absolute atomic E-state index is 0.0231. The molecule has 0 unspecified atom stereocenters. The Balaban J connectivity index is 1.81. The van der Waals surface area contributed by atoms with Gasteiger partial charge in [0, 0.05) is 16.3 Å². The summed E-state index contributed by atoms with van der Waals surface area (Å²) in [6, 6.07) is 12.6. The van der Waals surface area contributed by atoms with Gasteiger partial charge in [0.1, 0.15) is 12.4 Å². The Morgan fingerprint density at radius 2 is 1.88 bits per heavy atom. The monoisotopic (exact) mass is 362 g/mol. The third kappa shape index (κ3) is 3.69. The van der Waals surface area contributed by atoms with Crippen molar-refractivity contribution < 1.29 is 9.18 Å². The standard InChI is InChI=1S/C16H12ClFN4OS/c17-11-3-1-10(2-4-11)15-20-21-16(24)22(15)9-14(23)19-13-7-5-12(18)6-8-13/h1-8H,9H2,(H,19,23)(H,21,24). The first-order chi connectivity index (χ1) is 11.5. The Bertz CT molecular complexity index is 919. The van der Waals surface area contributed by atoms with E-state index in [0.717, 1.165) is 5.56 Å². The van der Waals surface area contributed by atoms with Crippen LogP contribution >= 0.6 is 23.8 Å². The fourth-order valence-corrected chi connectivity index (χ4v) is 2.48. The fraction of sp³-hybridized carbons (Fsp3) is 0.0625. The highest BCUT2D eigenvalue weighted by Crippen LogP contribution is 2.20. The van der Waals surface area contributed by atoms with Crippen LogP contribution in [0.3, 0.4) is 0 Å². The number of carbonyl (C=O) groups is 1.